The number of nitrogens with one attached hydrogen (secondary N) is 3. The molecule has 162 valence electrons. The Balaban J connectivity index is 1.86. The Kier molecular flexibility index (Phi) is 9.71. The summed E-state index contributed by atoms with van der Waals surface area (Å²) in [6.45, 7) is 6.71. The molecule has 2 aromatic rings. The zero-order chi connectivity index (χ0) is 21.8. The van der Waals surface area contributed by atoms with Crippen LogP contribution in [0.2, 0.25) is 0 Å². The molecule has 6 nitrogen and oxygen atoms in total. The van der Waals surface area contributed by atoms with Crippen LogP contribution in [0, 0.1) is 6.92 Å². The molecule has 2 aromatic carbocycles. The summed E-state index contributed by atoms with van der Waals surface area (Å²) in [6.07, 6.45) is 5.04. The maximum Gasteiger partial charge on any atom is 0.243 e. The third kappa shape index (κ3) is 7.78. The van der Waals surface area contributed by atoms with Crippen LogP contribution >= 0.6 is 0 Å². The van der Waals surface area contributed by atoms with Crippen LogP contribution in [0.15, 0.2) is 42.5 Å². The van der Waals surface area contributed by atoms with Crippen LogP contribution in [-0.4, -0.2) is 25.0 Å². The van der Waals surface area contributed by atoms with Gasteiger partial charge in [-0.3, -0.25) is 9.59 Å². The van der Waals surface area contributed by atoms with E-state index in [2.05, 4.69) is 22.9 Å². The van der Waals surface area contributed by atoms with Crippen molar-refractivity contribution >= 4 is 28.9 Å². The molecule has 0 aromatic heterocycles. The largest absolute Gasteiger partial charge is 0.494 e. The van der Waals surface area contributed by atoms with Gasteiger partial charge in [-0.05, 0) is 43.2 Å². The van der Waals surface area contributed by atoms with E-state index >= 15 is 0 Å². The van der Waals surface area contributed by atoms with Crippen molar-refractivity contribution in [3.63, 3.8) is 0 Å². The molecule has 0 spiro atoms. The quantitative estimate of drug-likeness (QED) is 0.411. The summed E-state index contributed by atoms with van der Waals surface area (Å²) in [5.74, 6) is 0.561. The van der Waals surface area contributed by atoms with Crippen molar-refractivity contribution in [1.82, 2.24) is 0 Å². The molecule has 0 saturated carbocycles. The average Bonchev–Trinajstić information content (AvgIpc) is 2.74. The van der Waals surface area contributed by atoms with E-state index in [1.165, 1.54) is 19.3 Å². The Labute approximate surface area is 179 Å². The fraction of sp³-hybridized carbons (Fsp3) is 0.417. The third-order valence-electron chi connectivity index (χ3n) is 4.75. The first-order chi connectivity index (χ1) is 14.5. The van der Waals surface area contributed by atoms with Gasteiger partial charge in [0.25, 0.3) is 0 Å². The number of carbonyl (C=O) groups is 2. The lowest BCUT2D eigenvalue weighted by Gasteiger charge is -2.14. The minimum absolute atomic E-state index is 0.0412. The second-order valence-electron chi connectivity index (χ2n) is 7.22. The Hall–Kier alpha value is -3.02. The van der Waals surface area contributed by atoms with Crippen LogP contribution in [0.4, 0.5) is 17.1 Å². The van der Waals surface area contributed by atoms with Gasteiger partial charge in [-0.2, -0.15) is 0 Å². The van der Waals surface area contributed by atoms with Crippen molar-refractivity contribution in [2.75, 3.05) is 29.1 Å². The monoisotopic (exact) mass is 411 g/mol. The smallest absolute Gasteiger partial charge is 0.243 e. The molecule has 3 N–H and O–H groups in total. The van der Waals surface area contributed by atoms with Crippen molar-refractivity contribution in [1.29, 1.82) is 0 Å². The molecule has 0 fully saturated rings. The summed E-state index contributed by atoms with van der Waals surface area (Å²) >= 11 is 0. The summed E-state index contributed by atoms with van der Waals surface area (Å²) < 4.78 is 5.77. The number of ether oxygens (including phenoxy) is 1. The van der Waals surface area contributed by atoms with Gasteiger partial charge >= 0.3 is 0 Å². The van der Waals surface area contributed by atoms with Gasteiger partial charge in [0, 0.05) is 29.5 Å². The first kappa shape index (κ1) is 23.3. The number of unbranched alkanes of at least 4 members (excludes halogenated alkanes) is 3. The standard InChI is InChI=1S/C24H33N3O3/c1-4-6-7-8-15-30-20-12-9-11-19(16-20)26-24(29)17-25-21-13-10-14-22(18(21)3)27-23(28)5-2/h9-14,16,25H,4-8,15,17H2,1-3H3,(H,26,29)(H,27,28). The molecule has 0 aliphatic heterocycles. The Bertz CT molecular complexity index is 836. The number of amides is 2. The molecule has 30 heavy (non-hydrogen) atoms. The van der Waals surface area contributed by atoms with Gasteiger partial charge < -0.3 is 20.7 Å². The van der Waals surface area contributed by atoms with Crippen LogP contribution in [0.5, 0.6) is 5.75 Å². The summed E-state index contributed by atoms with van der Waals surface area (Å²) in [7, 11) is 0. The number of rotatable bonds is 12. The van der Waals surface area contributed by atoms with Crippen molar-refractivity contribution in [2.24, 2.45) is 0 Å². The van der Waals surface area contributed by atoms with Gasteiger partial charge in [-0.25, -0.2) is 0 Å². The van der Waals surface area contributed by atoms with Crippen molar-refractivity contribution in [2.45, 2.75) is 52.9 Å². The van der Waals surface area contributed by atoms with E-state index in [4.69, 9.17) is 4.74 Å². The fourth-order valence-electron chi connectivity index (χ4n) is 2.96. The highest BCUT2D eigenvalue weighted by Crippen LogP contribution is 2.23. The van der Waals surface area contributed by atoms with Gasteiger partial charge in [0.2, 0.25) is 11.8 Å². The van der Waals surface area contributed by atoms with Gasteiger partial charge in [-0.15, -0.1) is 0 Å². The molecule has 2 rings (SSSR count). The summed E-state index contributed by atoms with van der Waals surface area (Å²) in [5, 5.41) is 8.89. The lowest BCUT2D eigenvalue weighted by molar-refractivity contribution is -0.116. The van der Waals surface area contributed by atoms with E-state index in [1.54, 1.807) is 0 Å². The summed E-state index contributed by atoms with van der Waals surface area (Å²) in [4.78, 5) is 24.0. The van der Waals surface area contributed by atoms with E-state index in [9.17, 15) is 9.59 Å². The SMILES string of the molecule is CCCCCCOc1cccc(NC(=O)CNc2cccc(NC(=O)CC)c2C)c1. The zero-order valence-corrected chi connectivity index (χ0v) is 18.2. The van der Waals surface area contributed by atoms with Crippen molar-refractivity contribution in [3.8, 4) is 5.75 Å². The molecule has 0 unspecified atom stereocenters. The fourth-order valence-corrected chi connectivity index (χ4v) is 2.96. The first-order valence-corrected chi connectivity index (χ1v) is 10.7. The van der Waals surface area contributed by atoms with Gasteiger partial charge in [-0.1, -0.05) is 45.2 Å². The second-order valence-corrected chi connectivity index (χ2v) is 7.22. The Morgan fingerprint density at radius 2 is 1.67 bits per heavy atom. The molecule has 0 radical (unpaired) electrons. The molecule has 0 aliphatic carbocycles. The van der Waals surface area contributed by atoms with Gasteiger partial charge in [0.15, 0.2) is 0 Å². The number of benzene rings is 2. The van der Waals surface area contributed by atoms with Crippen LogP contribution in [0.1, 0.15) is 51.5 Å². The summed E-state index contributed by atoms with van der Waals surface area (Å²) in [6, 6.07) is 13.0. The van der Waals surface area contributed by atoms with E-state index in [1.807, 2.05) is 56.3 Å². The molecular formula is C24H33N3O3. The lowest BCUT2D eigenvalue weighted by Crippen LogP contribution is -2.22. The maximum atomic E-state index is 12.4. The van der Waals surface area contributed by atoms with E-state index < -0.39 is 0 Å². The molecule has 0 heterocycles. The highest BCUT2D eigenvalue weighted by atomic mass is 16.5. The molecule has 0 bridgehead atoms. The molecule has 0 aliphatic rings. The van der Waals surface area contributed by atoms with Crippen LogP contribution < -0.4 is 20.7 Å². The highest BCUT2D eigenvalue weighted by Gasteiger charge is 2.08. The minimum atomic E-state index is -0.155. The van der Waals surface area contributed by atoms with E-state index in [-0.39, 0.29) is 18.4 Å². The van der Waals surface area contributed by atoms with Crippen molar-refractivity contribution < 1.29 is 14.3 Å². The Morgan fingerprint density at radius 1 is 0.900 bits per heavy atom. The molecular weight excluding hydrogens is 378 g/mol. The number of hydrogen-bond acceptors (Lipinski definition) is 4. The number of anilines is 3. The van der Waals surface area contributed by atoms with Crippen molar-refractivity contribution in [3.05, 3.63) is 48.0 Å². The minimum Gasteiger partial charge on any atom is -0.494 e. The normalized spacial score (nSPS) is 10.4. The van der Waals surface area contributed by atoms with Crippen LogP contribution in [-0.2, 0) is 9.59 Å². The average molecular weight is 412 g/mol. The zero-order valence-electron chi connectivity index (χ0n) is 18.2. The van der Waals surface area contributed by atoms with Crippen LogP contribution in [0.3, 0.4) is 0 Å². The molecule has 6 heteroatoms. The van der Waals surface area contributed by atoms with Gasteiger partial charge in [0.05, 0.1) is 13.2 Å². The van der Waals surface area contributed by atoms with E-state index in [0.29, 0.717) is 18.7 Å². The van der Waals surface area contributed by atoms with E-state index in [0.717, 1.165) is 29.1 Å². The predicted molar refractivity (Wildman–Crippen MR) is 123 cm³/mol. The highest BCUT2D eigenvalue weighted by molar-refractivity contribution is 5.95. The molecule has 2 amide bonds. The first-order valence-electron chi connectivity index (χ1n) is 10.7. The summed E-state index contributed by atoms with van der Waals surface area (Å²) in [5.41, 5.74) is 3.15. The lowest BCUT2D eigenvalue weighted by atomic mass is 10.1. The van der Waals surface area contributed by atoms with Crippen LogP contribution in [0.25, 0.3) is 0 Å². The molecule has 0 atom stereocenters. The maximum absolute atomic E-state index is 12.4. The third-order valence-corrected chi connectivity index (χ3v) is 4.75. The Morgan fingerprint density at radius 3 is 2.43 bits per heavy atom. The topological polar surface area (TPSA) is 79.5 Å². The number of carbonyl (C=O) groups excluding carboxylic acids is 2. The number of hydrogen-bond donors (Lipinski definition) is 3. The van der Waals surface area contributed by atoms with Gasteiger partial charge in [0.1, 0.15) is 5.75 Å². The molecule has 0 saturated heterocycles. The second kappa shape index (κ2) is 12.5. The predicted octanol–water partition coefficient (Wildman–Crippen LogP) is 5.35.